The molecule has 20 heteroatoms. The van der Waals surface area contributed by atoms with Crippen LogP contribution in [0.25, 0.3) is 32.9 Å². The van der Waals surface area contributed by atoms with Crippen LogP contribution in [-0.4, -0.2) is 169 Å². The number of ether oxygens (including phenoxy) is 4. The average Bonchev–Trinajstić information content (AvgIpc) is 2.30. The molecule has 2 atom stereocenters. The van der Waals surface area contributed by atoms with Gasteiger partial charge in [-0.1, -0.05) is 19.1 Å². The first-order valence-corrected chi connectivity index (χ1v) is 30.5. The highest BCUT2D eigenvalue weighted by Crippen LogP contribution is 2.49. The summed E-state index contributed by atoms with van der Waals surface area (Å²) in [7, 11) is 1.52. The lowest BCUT2D eigenvalue weighted by atomic mass is 9.65. The number of halogens is 2. The van der Waals surface area contributed by atoms with Gasteiger partial charge in [-0.05, 0) is 162 Å². The molecule has 5 aliphatic heterocycles. The SMILES string of the molecule is CCc1c(F)ccc2cc(OCOC)cc(-c3ncc4c(N5CC6CCC(C5)N6C(=O)OC(C)(C)C)nc(OCC5(CN6CCN(CC7CCC8(CC7)CCN(C(=O)c7ccc(C)c(N9CCC(=O)NC9=O)c7)CC8)CC6)CC5)nc4c3F)c12. The Morgan fingerprint density at radius 3 is 2.24 bits per heavy atom. The zero-order valence-electron chi connectivity index (χ0n) is 49.6. The van der Waals surface area contributed by atoms with E-state index in [1.807, 2.05) is 56.6 Å². The number of anilines is 2. The summed E-state index contributed by atoms with van der Waals surface area (Å²) in [6.07, 6.45) is 12.3. The van der Waals surface area contributed by atoms with Crippen LogP contribution in [0.2, 0.25) is 0 Å². The fourth-order valence-electron chi connectivity index (χ4n) is 14.3. The van der Waals surface area contributed by atoms with Crippen molar-refractivity contribution < 1.29 is 46.9 Å². The second-order valence-electron chi connectivity index (χ2n) is 26.0. The smallest absolute Gasteiger partial charge is 0.410 e. The Balaban J connectivity index is 0.691. The highest BCUT2D eigenvalue weighted by atomic mass is 19.1. The molecule has 1 N–H and O–H groups in total. The number of piperazine rings is 2. The van der Waals surface area contributed by atoms with Crippen LogP contribution in [0, 0.1) is 35.3 Å². The molecule has 1 spiro atoms. The molecule has 2 aromatic heterocycles. The van der Waals surface area contributed by atoms with Crippen molar-refractivity contribution >= 4 is 57.1 Å². The molecule has 5 amide bonds. The van der Waals surface area contributed by atoms with Crippen molar-refractivity contribution in [1.29, 1.82) is 0 Å². The number of urea groups is 1. The van der Waals surface area contributed by atoms with Crippen LogP contribution in [0.15, 0.2) is 48.7 Å². The number of carbonyl (C=O) groups excluding carboxylic acids is 4. The predicted molar refractivity (Wildman–Crippen MR) is 315 cm³/mol. The first-order valence-electron chi connectivity index (χ1n) is 30.5. The van der Waals surface area contributed by atoms with Crippen LogP contribution in [0.5, 0.6) is 11.8 Å². The zero-order chi connectivity index (χ0) is 58.7. The second-order valence-corrected chi connectivity index (χ2v) is 26.0. The number of nitrogens with one attached hydrogen (secondary N) is 1. The number of aryl methyl sites for hydroxylation is 2. The molecule has 84 heavy (non-hydrogen) atoms. The number of benzene rings is 3. The van der Waals surface area contributed by atoms with E-state index in [4.69, 9.17) is 33.9 Å². The quantitative estimate of drug-likeness (QED) is 0.0981. The van der Waals surface area contributed by atoms with E-state index in [0.29, 0.717) is 88.7 Å². The summed E-state index contributed by atoms with van der Waals surface area (Å²) in [5.74, 6) is 0.204. The van der Waals surface area contributed by atoms with E-state index in [1.165, 1.54) is 38.9 Å². The summed E-state index contributed by atoms with van der Waals surface area (Å²) < 4.78 is 56.9. The molecular formula is C64H80F2N10O8. The summed E-state index contributed by atoms with van der Waals surface area (Å²) in [4.78, 5) is 79.2. The number of fused-ring (bicyclic) bond motifs is 4. The van der Waals surface area contributed by atoms with Crippen molar-refractivity contribution in [1.82, 2.24) is 39.9 Å². The lowest BCUT2D eigenvalue weighted by Crippen LogP contribution is -2.57. The molecule has 7 fully saturated rings. The standard InChI is InChI=1S/C64H80F2N10O8/c1-7-47-50(65)13-10-42-30-46(83-39-81-6)32-48(53(42)47)55-54(66)56-49(33-67-55)57(74-35-44-11-12-45(36-74)76(44)61(80)84-62(3,4)5)70-59(69-56)82-38-64(19-20-64)37-72-28-26-71(27-29-72)34-41-14-17-63(18-15-41)21-24-73(25-22-63)58(78)43-9-8-40(2)51(31-43)75-23-16-52(77)68-60(75)79/h8-10,13,30-33,41,44-45H,7,11-12,14-29,34-39H2,1-6H3,(H,68,77,79). The van der Waals surface area contributed by atoms with Gasteiger partial charge in [-0.15, -0.1) is 0 Å². The highest BCUT2D eigenvalue weighted by Gasteiger charge is 2.48. The first kappa shape index (κ1) is 57.7. The highest BCUT2D eigenvalue weighted by molar-refractivity contribution is 6.07. The third-order valence-electron chi connectivity index (χ3n) is 19.2. The van der Waals surface area contributed by atoms with Gasteiger partial charge in [0.25, 0.3) is 5.91 Å². The van der Waals surface area contributed by atoms with Crippen LogP contribution >= 0.6 is 0 Å². The number of hydrogen-bond donors (Lipinski definition) is 1. The lowest BCUT2D eigenvalue weighted by Gasteiger charge is -2.47. The molecule has 2 unspecified atom stereocenters. The third-order valence-corrected chi connectivity index (χ3v) is 19.2. The molecule has 2 bridgehead atoms. The van der Waals surface area contributed by atoms with Crippen molar-refractivity contribution in [3.05, 3.63) is 77.0 Å². The Morgan fingerprint density at radius 2 is 1.56 bits per heavy atom. The number of piperidine rings is 1. The minimum Gasteiger partial charge on any atom is -0.468 e. The van der Waals surface area contributed by atoms with E-state index < -0.39 is 17.4 Å². The Labute approximate surface area is 490 Å². The molecule has 2 saturated carbocycles. The monoisotopic (exact) mass is 1150 g/mol. The van der Waals surface area contributed by atoms with E-state index in [9.17, 15) is 19.2 Å². The molecule has 3 aromatic carbocycles. The normalized spacial score (nSPS) is 22.0. The van der Waals surface area contributed by atoms with Crippen LogP contribution in [0.3, 0.4) is 0 Å². The summed E-state index contributed by atoms with van der Waals surface area (Å²) >= 11 is 0. The molecule has 448 valence electrons. The Kier molecular flexibility index (Phi) is 16.0. The van der Waals surface area contributed by atoms with Crippen molar-refractivity contribution in [3.63, 3.8) is 0 Å². The van der Waals surface area contributed by atoms with E-state index in [1.54, 1.807) is 35.4 Å². The van der Waals surface area contributed by atoms with Crippen molar-refractivity contribution in [3.8, 4) is 23.0 Å². The Hall–Kier alpha value is -6.77. The van der Waals surface area contributed by atoms with Crippen LogP contribution in [0.4, 0.5) is 29.9 Å². The third kappa shape index (κ3) is 11.8. The van der Waals surface area contributed by atoms with Gasteiger partial charge in [0.05, 0.1) is 24.1 Å². The maximum Gasteiger partial charge on any atom is 0.410 e. The number of pyridine rings is 1. The maximum atomic E-state index is 17.7. The number of likely N-dealkylation sites (tertiary alicyclic amines) is 1. The number of hydrogen-bond acceptors (Lipinski definition) is 14. The van der Waals surface area contributed by atoms with Crippen LogP contribution < -0.4 is 24.6 Å². The Bertz CT molecular complexity index is 3330. The van der Waals surface area contributed by atoms with Gasteiger partial charge >= 0.3 is 18.1 Å². The second kappa shape index (κ2) is 23.2. The number of rotatable bonds is 15. The maximum absolute atomic E-state index is 17.7. The number of imide groups is 1. The molecule has 18 nitrogen and oxygen atoms in total. The largest absolute Gasteiger partial charge is 0.468 e. The van der Waals surface area contributed by atoms with E-state index in [2.05, 4.69) is 20.0 Å². The van der Waals surface area contributed by atoms with Crippen molar-refractivity contribution in [2.24, 2.45) is 16.7 Å². The zero-order valence-corrected chi connectivity index (χ0v) is 49.6. The fraction of sp³-hybridized carbons (Fsp3) is 0.578. The van der Waals surface area contributed by atoms with Gasteiger partial charge in [-0.2, -0.15) is 9.97 Å². The summed E-state index contributed by atoms with van der Waals surface area (Å²) in [6.45, 7) is 18.4. The fourth-order valence-corrected chi connectivity index (χ4v) is 14.3. The van der Waals surface area contributed by atoms with Gasteiger partial charge in [0.2, 0.25) is 5.91 Å². The average molecular weight is 1160 g/mol. The van der Waals surface area contributed by atoms with E-state index >= 15 is 8.78 Å². The van der Waals surface area contributed by atoms with Gasteiger partial charge < -0.3 is 38.5 Å². The number of aromatic nitrogens is 3. The number of nitrogens with zero attached hydrogens (tertiary/aromatic N) is 9. The molecule has 2 aliphatic carbocycles. The molecule has 12 rings (SSSR count). The first-order chi connectivity index (χ1) is 40.4. The van der Waals surface area contributed by atoms with Crippen molar-refractivity contribution in [2.45, 2.75) is 129 Å². The molecule has 5 aromatic rings. The summed E-state index contributed by atoms with van der Waals surface area (Å²) in [5, 5.41) is 4.02. The van der Waals surface area contributed by atoms with Crippen LogP contribution in [-0.2, 0) is 20.7 Å². The number of methoxy groups -OCH3 is 1. The summed E-state index contributed by atoms with van der Waals surface area (Å²) in [5.41, 5.74) is 2.53. The molecule has 7 aliphatic rings. The van der Waals surface area contributed by atoms with Gasteiger partial charge in [0.15, 0.2) is 12.6 Å². The minimum atomic E-state index is -0.684. The lowest BCUT2D eigenvalue weighted by molar-refractivity contribution is -0.120. The van der Waals surface area contributed by atoms with Gasteiger partial charge in [0.1, 0.15) is 34.2 Å². The predicted octanol–water partition coefficient (Wildman–Crippen LogP) is 9.90. The number of carbonyl (C=O) groups is 4. The minimum absolute atomic E-state index is 0.00104. The molecule has 5 saturated heterocycles. The van der Waals surface area contributed by atoms with E-state index in [0.717, 1.165) is 96.4 Å². The van der Waals surface area contributed by atoms with E-state index in [-0.39, 0.29) is 77.1 Å². The van der Waals surface area contributed by atoms with Gasteiger partial charge in [-0.25, -0.2) is 18.4 Å². The molecule has 7 heterocycles. The molecular weight excluding hydrogens is 1070 g/mol. The molecule has 0 radical (unpaired) electrons. The Morgan fingerprint density at radius 1 is 0.833 bits per heavy atom. The topological polar surface area (TPSA) is 175 Å². The number of amides is 5. The van der Waals surface area contributed by atoms with Crippen molar-refractivity contribution in [2.75, 3.05) is 102 Å². The summed E-state index contributed by atoms with van der Waals surface area (Å²) in [6, 6.07) is 11.5. The van der Waals surface area contributed by atoms with Gasteiger partial charge in [-0.3, -0.25) is 29.7 Å². The van der Waals surface area contributed by atoms with Crippen LogP contribution in [0.1, 0.15) is 120 Å². The van der Waals surface area contributed by atoms with Gasteiger partial charge in [0, 0.05) is 114 Å².